The molecule has 110 valence electrons. The maximum Gasteiger partial charge on any atom is 0.226 e. The second-order valence-corrected chi connectivity index (χ2v) is 5.50. The lowest BCUT2D eigenvalue weighted by atomic mass is 9.94. The van der Waals surface area contributed by atoms with Crippen molar-refractivity contribution in [1.82, 2.24) is 4.90 Å². The van der Waals surface area contributed by atoms with Crippen LogP contribution in [0.1, 0.15) is 18.4 Å². The third kappa shape index (κ3) is 3.95. The Morgan fingerprint density at radius 2 is 1.95 bits per heavy atom. The van der Waals surface area contributed by atoms with Crippen molar-refractivity contribution in [2.24, 2.45) is 0 Å². The summed E-state index contributed by atoms with van der Waals surface area (Å²) in [7, 11) is 1.73. The van der Waals surface area contributed by atoms with E-state index in [1.54, 1.807) is 24.1 Å². The van der Waals surface area contributed by atoms with Gasteiger partial charge in [-0.1, -0.05) is 12.1 Å². The maximum atomic E-state index is 12.2. The molecule has 20 heavy (non-hydrogen) atoms. The van der Waals surface area contributed by atoms with Crippen LogP contribution in [0.15, 0.2) is 24.3 Å². The van der Waals surface area contributed by atoms with Crippen LogP contribution in [-0.4, -0.2) is 48.3 Å². The van der Waals surface area contributed by atoms with Gasteiger partial charge in [0.15, 0.2) is 0 Å². The van der Waals surface area contributed by atoms with E-state index in [1.807, 2.05) is 12.1 Å². The molecule has 2 rings (SSSR count). The molecule has 1 saturated heterocycles. The molecule has 0 unspecified atom stereocenters. The third-order valence-corrected chi connectivity index (χ3v) is 3.72. The van der Waals surface area contributed by atoms with Gasteiger partial charge >= 0.3 is 0 Å². The molecule has 1 aliphatic heterocycles. The van der Waals surface area contributed by atoms with Gasteiger partial charge in [0.1, 0.15) is 0 Å². The number of rotatable bonds is 4. The summed E-state index contributed by atoms with van der Waals surface area (Å²) in [4.78, 5) is 13.8. The van der Waals surface area contributed by atoms with Crippen LogP contribution in [0.25, 0.3) is 0 Å². The number of carbonyl (C=O) groups is 1. The summed E-state index contributed by atoms with van der Waals surface area (Å²) in [6, 6.07) is 7.28. The first-order chi connectivity index (χ1) is 9.48. The molecule has 0 aromatic heterocycles. The molecule has 1 aromatic rings. The molecule has 3 N–H and O–H groups in total. The molecule has 1 fully saturated rings. The quantitative estimate of drug-likeness (QED) is 0.799. The molecular formula is C15H22N2O3. The number of nitrogen functional groups attached to an aromatic ring is 1. The number of hydrogen-bond donors (Lipinski definition) is 2. The lowest BCUT2D eigenvalue weighted by Gasteiger charge is -2.35. The normalized spacial score (nSPS) is 17.7. The van der Waals surface area contributed by atoms with Gasteiger partial charge in [-0.2, -0.15) is 0 Å². The number of likely N-dealkylation sites (N-methyl/N-ethyl adjacent to an activating group) is 1. The molecule has 1 aromatic carbocycles. The Morgan fingerprint density at radius 3 is 2.55 bits per heavy atom. The molecule has 1 heterocycles. The van der Waals surface area contributed by atoms with Gasteiger partial charge in [-0.25, -0.2) is 0 Å². The van der Waals surface area contributed by atoms with Crippen LogP contribution in [-0.2, 0) is 16.0 Å². The fourth-order valence-corrected chi connectivity index (χ4v) is 2.38. The highest BCUT2D eigenvalue weighted by Crippen LogP contribution is 2.21. The third-order valence-electron chi connectivity index (χ3n) is 3.72. The lowest BCUT2D eigenvalue weighted by Crippen LogP contribution is -2.47. The Bertz CT molecular complexity index is 453. The standard InChI is InChI=1S/C15H22N2O3/c1-17(11-15(19)6-8-20-9-7-15)14(18)10-12-2-4-13(16)5-3-12/h2-5,19H,6-11,16H2,1H3. The Balaban J connectivity index is 1.89. The zero-order valence-corrected chi connectivity index (χ0v) is 11.8. The number of nitrogens with zero attached hydrogens (tertiary/aromatic N) is 1. The predicted molar refractivity (Wildman–Crippen MR) is 77.2 cm³/mol. The molecule has 0 radical (unpaired) electrons. The highest BCUT2D eigenvalue weighted by molar-refractivity contribution is 5.78. The number of nitrogens with two attached hydrogens (primary N) is 1. The molecule has 5 heteroatoms. The first-order valence-corrected chi connectivity index (χ1v) is 6.87. The highest BCUT2D eigenvalue weighted by Gasteiger charge is 2.32. The summed E-state index contributed by atoms with van der Waals surface area (Å²) in [6.45, 7) is 1.46. The summed E-state index contributed by atoms with van der Waals surface area (Å²) < 4.78 is 5.24. The molecule has 1 amide bonds. The van der Waals surface area contributed by atoms with Crippen molar-refractivity contribution in [3.8, 4) is 0 Å². The number of carbonyl (C=O) groups excluding carboxylic acids is 1. The largest absolute Gasteiger partial charge is 0.399 e. The zero-order chi connectivity index (χ0) is 14.6. The van der Waals surface area contributed by atoms with E-state index in [0.717, 1.165) is 5.56 Å². The zero-order valence-electron chi connectivity index (χ0n) is 11.8. The van der Waals surface area contributed by atoms with Crippen LogP contribution >= 0.6 is 0 Å². The number of benzene rings is 1. The minimum atomic E-state index is -0.816. The molecule has 5 nitrogen and oxygen atoms in total. The fourth-order valence-electron chi connectivity index (χ4n) is 2.38. The number of anilines is 1. The van der Waals surface area contributed by atoms with Crippen molar-refractivity contribution in [2.75, 3.05) is 32.5 Å². The Morgan fingerprint density at radius 1 is 1.35 bits per heavy atom. The van der Waals surface area contributed by atoms with E-state index in [0.29, 0.717) is 44.7 Å². The lowest BCUT2D eigenvalue weighted by molar-refractivity contribution is -0.136. The molecule has 0 atom stereocenters. The highest BCUT2D eigenvalue weighted by atomic mass is 16.5. The van der Waals surface area contributed by atoms with Crippen molar-refractivity contribution in [3.05, 3.63) is 29.8 Å². The van der Waals surface area contributed by atoms with Crippen molar-refractivity contribution in [1.29, 1.82) is 0 Å². The van der Waals surface area contributed by atoms with Gasteiger partial charge in [-0.05, 0) is 17.7 Å². The minimum absolute atomic E-state index is 0.00492. The Kier molecular flexibility index (Phi) is 4.62. The van der Waals surface area contributed by atoms with Crippen LogP contribution in [0, 0.1) is 0 Å². The first-order valence-electron chi connectivity index (χ1n) is 6.87. The summed E-state index contributed by atoms with van der Waals surface area (Å²) in [5.41, 5.74) is 6.41. The van der Waals surface area contributed by atoms with Gasteiger partial charge in [-0.3, -0.25) is 4.79 Å². The number of aliphatic hydroxyl groups is 1. The molecule has 0 aliphatic carbocycles. The van der Waals surface area contributed by atoms with E-state index in [-0.39, 0.29) is 5.91 Å². The molecular weight excluding hydrogens is 256 g/mol. The van der Waals surface area contributed by atoms with Gasteiger partial charge in [0.2, 0.25) is 5.91 Å². The number of hydrogen-bond acceptors (Lipinski definition) is 4. The molecule has 1 aliphatic rings. The van der Waals surface area contributed by atoms with Gasteiger partial charge < -0.3 is 20.5 Å². The predicted octanol–water partition coefficient (Wildman–Crippen LogP) is 0.811. The van der Waals surface area contributed by atoms with Crippen LogP contribution in [0.4, 0.5) is 5.69 Å². The average molecular weight is 278 g/mol. The average Bonchev–Trinajstić information content (AvgIpc) is 2.41. The van der Waals surface area contributed by atoms with E-state index >= 15 is 0 Å². The molecule has 0 saturated carbocycles. The van der Waals surface area contributed by atoms with E-state index in [4.69, 9.17) is 10.5 Å². The maximum absolute atomic E-state index is 12.2. The Hall–Kier alpha value is -1.59. The smallest absolute Gasteiger partial charge is 0.226 e. The van der Waals surface area contributed by atoms with Gasteiger partial charge in [0, 0.05) is 45.3 Å². The van der Waals surface area contributed by atoms with Crippen molar-refractivity contribution in [2.45, 2.75) is 24.9 Å². The SMILES string of the molecule is CN(CC1(O)CCOCC1)C(=O)Cc1ccc(N)cc1. The summed E-state index contributed by atoms with van der Waals surface area (Å²) >= 11 is 0. The van der Waals surface area contributed by atoms with Crippen LogP contribution in [0.3, 0.4) is 0 Å². The van der Waals surface area contributed by atoms with Gasteiger partial charge in [-0.15, -0.1) is 0 Å². The van der Waals surface area contributed by atoms with Crippen molar-refractivity contribution >= 4 is 11.6 Å². The Labute approximate surface area is 119 Å². The number of ether oxygens (including phenoxy) is 1. The van der Waals surface area contributed by atoms with Crippen molar-refractivity contribution < 1.29 is 14.6 Å². The van der Waals surface area contributed by atoms with E-state index in [1.165, 1.54) is 0 Å². The van der Waals surface area contributed by atoms with E-state index in [2.05, 4.69) is 0 Å². The van der Waals surface area contributed by atoms with Gasteiger partial charge in [0.25, 0.3) is 0 Å². The van der Waals surface area contributed by atoms with Gasteiger partial charge in [0.05, 0.1) is 12.0 Å². The topological polar surface area (TPSA) is 75.8 Å². The summed E-state index contributed by atoms with van der Waals surface area (Å²) in [5.74, 6) is -0.00492. The summed E-state index contributed by atoms with van der Waals surface area (Å²) in [5, 5.41) is 10.4. The van der Waals surface area contributed by atoms with Crippen LogP contribution in [0.2, 0.25) is 0 Å². The minimum Gasteiger partial charge on any atom is -0.399 e. The monoisotopic (exact) mass is 278 g/mol. The number of amides is 1. The summed E-state index contributed by atoms with van der Waals surface area (Å²) in [6.07, 6.45) is 1.47. The fraction of sp³-hybridized carbons (Fsp3) is 0.533. The van der Waals surface area contributed by atoms with E-state index < -0.39 is 5.60 Å². The first kappa shape index (κ1) is 14.8. The second-order valence-electron chi connectivity index (χ2n) is 5.50. The van der Waals surface area contributed by atoms with Crippen molar-refractivity contribution in [3.63, 3.8) is 0 Å². The van der Waals surface area contributed by atoms with Crippen LogP contribution in [0.5, 0.6) is 0 Å². The second kappa shape index (κ2) is 6.24. The molecule has 0 spiro atoms. The van der Waals surface area contributed by atoms with E-state index in [9.17, 15) is 9.90 Å². The van der Waals surface area contributed by atoms with Crippen LogP contribution < -0.4 is 5.73 Å². The molecule has 0 bridgehead atoms.